The number of nitrogens with zero attached hydrogens (tertiary/aromatic N) is 2. The molecule has 1 unspecified atom stereocenters. The zero-order valence-corrected chi connectivity index (χ0v) is 12.8. The number of methoxy groups -OCH3 is 1. The van der Waals surface area contributed by atoms with Gasteiger partial charge in [0.15, 0.2) is 0 Å². The predicted octanol–water partition coefficient (Wildman–Crippen LogP) is 1.59. The summed E-state index contributed by atoms with van der Waals surface area (Å²) in [5.41, 5.74) is 0.918. The molecule has 1 aromatic heterocycles. The number of nitrogens with one attached hydrogen (secondary N) is 1. The minimum Gasteiger partial charge on any atom is -0.383 e. The summed E-state index contributed by atoms with van der Waals surface area (Å²) in [4.78, 5) is 18.6. The molecule has 1 aromatic rings. The molecule has 1 amide bonds. The highest BCUT2D eigenvalue weighted by Gasteiger charge is 2.19. The van der Waals surface area contributed by atoms with Crippen LogP contribution < -0.4 is 5.32 Å². The zero-order valence-electron chi connectivity index (χ0n) is 12.8. The fourth-order valence-corrected chi connectivity index (χ4v) is 2.64. The van der Waals surface area contributed by atoms with Crippen LogP contribution in [0, 0.1) is 0 Å². The van der Waals surface area contributed by atoms with Crippen LogP contribution in [-0.2, 0) is 16.1 Å². The largest absolute Gasteiger partial charge is 0.383 e. The molecule has 0 radical (unpaired) electrons. The lowest BCUT2D eigenvalue weighted by Crippen LogP contribution is -2.34. The topological polar surface area (TPSA) is 54.5 Å². The first-order chi connectivity index (χ1) is 10.3. The summed E-state index contributed by atoms with van der Waals surface area (Å²) in [6.45, 7) is 2.81. The lowest BCUT2D eigenvalue weighted by molar-refractivity contribution is -0.132. The first-order valence-corrected chi connectivity index (χ1v) is 7.69. The number of amides is 1. The molecule has 0 aliphatic carbocycles. The number of carbonyl (C=O) groups excluding carboxylic acids is 1. The smallest absolute Gasteiger partial charge is 0.223 e. The van der Waals surface area contributed by atoms with Gasteiger partial charge < -0.3 is 15.0 Å². The lowest BCUT2D eigenvalue weighted by Gasteiger charge is -2.23. The van der Waals surface area contributed by atoms with Gasteiger partial charge in [0.2, 0.25) is 5.91 Å². The van der Waals surface area contributed by atoms with E-state index in [4.69, 9.17) is 4.74 Å². The quantitative estimate of drug-likeness (QED) is 0.790. The van der Waals surface area contributed by atoms with Crippen molar-refractivity contribution in [3.05, 3.63) is 30.1 Å². The van der Waals surface area contributed by atoms with Gasteiger partial charge in [-0.3, -0.25) is 9.78 Å². The van der Waals surface area contributed by atoms with Gasteiger partial charge in [-0.2, -0.15) is 0 Å². The van der Waals surface area contributed by atoms with Crippen LogP contribution in [0.2, 0.25) is 0 Å². The van der Waals surface area contributed by atoms with Crippen LogP contribution in [0.4, 0.5) is 0 Å². The molecule has 21 heavy (non-hydrogen) atoms. The van der Waals surface area contributed by atoms with Crippen LogP contribution in [0.3, 0.4) is 0 Å². The van der Waals surface area contributed by atoms with Crippen LogP contribution in [0.25, 0.3) is 0 Å². The van der Waals surface area contributed by atoms with Gasteiger partial charge in [0, 0.05) is 32.3 Å². The second kappa shape index (κ2) is 8.74. The Morgan fingerprint density at radius 2 is 2.43 bits per heavy atom. The molecule has 1 aliphatic rings. The van der Waals surface area contributed by atoms with Gasteiger partial charge in [0.05, 0.1) is 18.8 Å². The summed E-state index contributed by atoms with van der Waals surface area (Å²) in [7, 11) is 1.66. The average molecular weight is 291 g/mol. The van der Waals surface area contributed by atoms with E-state index in [1.54, 1.807) is 13.3 Å². The molecule has 0 aromatic carbocycles. The molecule has 5 heteroatoms. The molecule has 1 fully saturated rings. The van der Waals surface area contributed by atoms with Gasteiger partial charge in [0.25, 0.3) is 0 Å². The Labute approximate surface area is 126 Å². The number of hydrogen-bond donors (Lipinski definition) is 1. The van der Waals surface area contributed by atoms with Crippen LogP contribution in [-0.4, -0.2) is 48.6 Å². The van der Waals surface area contributed by atoms with E-state index >= 15 is 0 Å². The van der Waals surface area contributed by atoms with E-state index < -0.39 is 0 Å². The van der Waals surface area contributed by atoms with E-state index in [-0.39, 0.29) is 5.91 Å². The molecule has 1 saturated heterocycles. The fraction of sp³-hybridized carbons (Fsp3) is 0.625. The molecule has 0 saturated carbocycles. The van der Waals surface area contributed by atoms with Gasteiger partial charge >= 0.3 is 0 Å². The summed E-state index contributed by atoms with van der Waals surface area (Å²) in [6.07, 6.45) is 5.68. The van der Waals surface area contributed by atoms with Gasteiger partial charge in [-0.05, 0) is 37.9 Å². The summed E-state index contributed by atoms with van der Waals surface area (Å²) in [5.74, 6) is 0.186. The van der Waals surface area contributed by atoms with E-state index in [1.807, 2.05) is 23.1 Å². The number of ether oxygens (including phenoxy) is 1. The maximum atomic E-state index is 12.4. The van der Waals surface area contributed by atoms with Crippen molar-refractivity contribution in [2.45, 2.75) is 38.3 Å². The highest BCUT2D eigenvalue weighted by Crippen LogP contribution is 2.12. The molecule has 1 aliphatic heterocycles. The number of rotatable bonds is 8. The van der Waals surface area contributed by atoms with Crippen molar-refractivity contribution < 1.29 is 9.53 Å². The highest BCUT2D eigenvalue weighted by atomic mass is 16.5. The first-order valence-electron chi connectivity index (χ1n) is 7.69. The number of carbonyl (C=O) groups is 1. The molecule has 1 atom stereocenters. The van der Waals surface area contributed by atoms with E-state index in [9.17, 15) is 4.79 Å². The minimum atomic E-state index is 0.186. The van der Waals surface area contributed by atoms with Crippen LogP contribution >= 0.6 is 0 Å². The minimum absolute atomic E-state index is 0.186. The van der Waals surface area contributed by atoms with Crippen LogP contribution in [0.15, 0.2) is 24.4 Å². The second-order valence-electron chi connectivity index (χ2n) is 5.46. The average Bonchev–Trinajstić information content (AvgIpc) is 3.03. The Bertz CT molecular complexity index is 419. The van der Waals surface area contributed by atoms with Crippen molar-refractivity contribution >= 4 is 5.91 Å². The van der Waals surface area contributed by atoms with Gasteiger partial charge in [-0.25, -0.2) is 0 Å². The van der Waals surface area contributed by atoms with E-state index in [0.717, 1.165) is 18.7 Å². The molecule has 0 bridgehead atoms. The Kier molecular flexibility index (Phi) is 6.63. The third-order valence-corrected chi connectivity index (χ3v) is 3.87. The van der Waals surface area contributed by atoms with Gasteiger partial charge in [0.1, 0.15) is 0 Å². The molecule has 2 heterocycles. The van der Waals surface area contributed by atoms with Crippen molar-refractivity contribution in [1.82, 2.24) is 15.2 Å². The van der Waals surface area contributed by atoms with Crippen LogP contribution in [0.1, 0.15) is 31.4 Å². The SMILES string of the molecule is COCCN(Cc1ccccn1)C(=O)CCC1CCCN1. The maximum absolute atomic E-state index is 12.4. The van der Waals surface area contributed by atoms with Crippen molar-refractivity contribution in [1.29, 1.82) is 0 Å². The standard InChI is InChI=1S/C16H25N3O2/c1-21-12-11-19(13-15-5-2-3-9-18-15)16(20)8-7-14-6-4-10-17-14/h2-3,5,9,14,17H,4,6-8,10-13H2,1H3. The monoisotopic (exact) mass is 291 g/mol. The van der Waals surface area contributed by atoms with Gasteiger partial charge in [-0.15, -0.1) is 0 Å². The Balaban J connectivity index is 1.86. The third kappa shape index (κ3) is 5.44. The summed E-state index contributed by atoms with van der Waals surface area (Å²) in [5, 5.41) is 3.44. The lowest BCUT2D eigenvalue weighted by atomic mass is 10.1. The van der Waals surface area contributed by atoms with Crippen molar-refractivity contribution in [3.8, 4) is 0 Å². The van der Waals surface area contributed by atoms with Crippen LogP contribution in [0.5, 0.6) is 0 Å². The molecule has 5 nitrogen and oxygen atoms in total. The Hall–Kier alpha value is -1.46. The summed E-state index contributed by atoms with van der Waals surface area (Å²) in [6, 6.07) is 6.29. The van der Waals surface area contributed by atoms with E-state index in [0.29, 0.717) is 32.2 Å². The predicted molar refractivity (Wildman–Crippen MR) is 81.8 cm³/mol. The molecular weight excluding hydrogens is 266 g/mol. The van der Waals surface area contributed by atoms with E-state index in [2.05, 4.69) is 10.3 Å². The maximum Gasteiger partial charge on any atom is 0.223 e. The number of aromatic nitrogens is 1. The fourth-order valence-electron chi connectivity index (χ4n) is 2.64. The third-order valence-electron chi connectivity index (χ3n) is 3.87. The second-order valence-corrected chi connectivity index (χ2v) is 5.46. The first kappa shape index (κ1) is 15.9. The van der Waals surface area contributed by atoms with Crippen molar-refractivity contribution in [2.75, 3.05) is 26.8 Å². The molecule has 2 rings (SSSR count). The van der Waals surface area contributed by atoms with E-state index in [1.165, 1.54) is 12.8 Å². The Morgan fingerprint density at radius 3 is 3.10 bits per heavy atom. The summed E-state index contributed by atoms with van der Waals surface area (Å²) < 4.78 is 5.11. The van der Waals surface area contributed by atoms with Crippen molar-refractivity contribution in [2.24, 2.45) is 0 Å². The molecule has 116 valence electrons. The molecule has 1 N–H and O–H groups in total. The highest BCUT2D eigenvalue weighted by molar-refractivity contribution is 5.76. The zero-order chi connectivity index (χ0) is 14.9. The van der Waals surface area contributed by atoms with Gasteiger partial charge in [-0.1, -0.05) is 6.07 Å². The number of pyridine rings is 1. The Morgan fingerprint density at radius 1 is 1.52 bits per heavy atom. The number of hydrogen-bond acceptors (Lipinski definition) is 4. The molecule has 0 spiro atoms. The molecular formula is C16H25N3O2. The normalized spacial score (nSPS) is 17.9. The van der Waals surface area contributed by atoms with Crippen molar-refractivity contribution in [3.63, 3.8) is 0 Å². The summed E-state index contributed by atoms with van der Waals surface area (Å²) >= 11 is 0.